The fraction of sp³-hybridized carbons (Fsp3) is 0.207. The molecule has 0 aliphatic heterocycles. The molecule has 0 heterocycles. The van der Waals surface area contributed by atoms with E-state index in [-0.39, 0.29) is 24.8 Å². The van der Waals surface area contributed by atoms with Crippen molar-refractivity contribution in [2.24, 2.45) is 0 Å². The van der Waals surface area contributed by atoms with Crippen LogP contribution >= 0.6 is 24.8 Å². The van der Waals surface area contributed by atoms with E-state index in [0.29, 0.717) is 0 Å². The molecular weight excluding hydrogens is 511 g/mol. The van der Waals surface area contributed by atoms with Crippen LogP contribution < -0.4 is 8.51 Å². The first-order valence-corrected chi connectivity index (χ1v) is 17.0. The number of hydrogen-bond acceptors (Lipinski definition) is 1. The molecule has 0 saturated carbocycles. The third-order valence-electron chi connectivity index (χ3n) is 5.93. The summed E-state index contributed by atoms with van der Waals surface area (Å²) in [5, 5.41) is 1.46. The van der Waals surface area contributed by atoms with Gasteiger partial charge in [-0.1, -0.05) is 0 Å². The topological polar surface area (TPSA) is 9.23 Å². The van der Waals surface area contributed by atoms with Gasteiger partial charge in [-0.2, -0.15) is 0 Å². The number of halogens is 2. The van der Waals surface area contributed by atoms with Gasteiger partial charge in [0.05, 0.1) is 0 Å². The summed E-state index contributed by atoms with van der Waals surface area (Å²) in [5.74, 6) is 1.04. The zero-order chi connectivity index (χ0) is 22.7. The molecule has 0 atom stereocenters. The van der Waals surface area contributed by atoms with Crippen LogP contribution in [0.2, 0.25) is 19.6 Å². The minimum Gasteiger partial charge on any atom is -0.147 e. The molecule has 3 aromatic rings. The zero-order valence-electron chi connectivity index (χ0n) is 20.6. The largest absolute Gasteiger partial charge is 0.147 e. The minimum atomic E-state index is -2.35. The Balaban J connectivity index is 0.00000204. The molecule has 178 valence electrons. The fourth-order valence-corrected chi connectivity index (χ4v) is 9.26. The molecule has 3 aromatic carbocycles. The van der Waals surface area contributed by atoms with Crippen molar-refractivity contribution in [3.8, 4) is 5.75 Å². The maximum atomic E-state index is 7.11. The summed E-state index contributed by atoms with van der Waals surface area (Å²) >= 11 is -2.35. The third kappa shape index (κ3) is 6.71. The second-order valence-corrected chi connectivity index (χ2v) is 17.7. The van der Waals surface area contributed by atoms with E-state index in [1.54, 1.807) is 0 Å². The van der Waals surface area contributed by atoms with Crippen molar-refractivity contribution >= 4 is 41.9 Å². The van der Waals surface area contributed by atoms with E-state index < -0.39 is 25.9 Å². The molecule has 0 unspecified atom stereocenters. The van der Waals surface area contributed by atoms with Crippen LogP contribution in [0.15, 0.2) is 100 Å². The Hall–Kier alpha value is -1.68. The second-order valence-electron chi connectivity index (χ2n) is 9.59. The van der Waals surface area contributed by atoms with Crippen molar-refractivity contribution in [2.75, 3.05) is 0 Å². The summed E-state index contributed by atoms with van der Waals surface area (Å²) in [6, 6.07) is 28.6. The second kappa shape index (κ2) is 12.3. The van der Waals surface area contributed by atoms with E-state index in [0.717, 1.165) is 12.2 Å². The summed E-state index contributed by atoms with van der Waals surface area (Å²) < 4.78 is 10.0. The Morgan fingerprint density at radius 2 is 1.35 bits per heavy atom. The van der Waals surface area contributed by atoms with Crippen LogP contribution in [-0.4, -0.2) is 11.9 Å². The van der Waals surface area contributed by atoms with Crippen LogP contribution in [0.5, 0.6) is 5.75 Å². The minimum absolute atomic E-state index is 0. The van der Waals surface area contributed by atoms with E-state index in [1.165, 1.54) is 35.1 Å². The first-order chi connectivity index (χ1) is 15.3. The molecule has 0 bridgehead atoms. The van der Waals surface area contributed by atoms with Crippen molar-refractivity contribution in [1.82, 2.24) is 0 Å². The maximum Gasteiger partial charge on any atom is -0.147 e. The molecule has 0 fully saturated rings. The van der Waals surface area contributed by atoms with Gasteiger partial charge in [-0.05, 0) is 0 Å². The standard InChI is InChI=1S/C13H10.C10H16OSi.C6H7.2ClH.Ti/c1-3-7-12(8-4-1)11-13-9-5-2-6-10-13;1-8-5-9(11)7-10(6-8)12(2,3)4;1-6-4-2-3-5-6;;;/h1-10H;5-7,11H,1-4H3;2,4H,3H2,1H3;2*1H;/q;;;;;+1/p-1. The smallest absolute Gasteiger partial charge is 0.147 e. The van der Waals surface area contributed by atoms with E-state index in [2.05, 4.69) is 125 Å². The molecular formula is C29H34Cl2OSiTi. The van der Waals surface area contributed by atoms with Gasteiger partial charge in [0, 0.05) is 0 Å². The Kier molecular flexibility index (Phi) is 10.4. The molecule has 0 amide bonds. The number of hydrogen-bond donors (Lipinski definition) is 0. The zero-order valence-corrected chi connectivity index (χ0v) is 24.8. The first-order valence-electron chi connectivity index (χ1n) is 11.3. The average Bonchev–Trinajstić information content (AvgIpc) is 3.19. The number of rotatable bonds is 6. The molecule has 1 nitrogen and oxygen atoms in total. The summed E-state index contributed by atoms with van der Waals surface area (Å²) in [5.41, 5.74) is 5.22. The predicted octanol–water partition coefficient (Wildman–Crippen LogP) is 7.80. The van der Waals surface area contributed by atoms with Gasteiger partial charge in [0.1, 0.15) is 0 Å². The van der Waals surface area contributed by atoms with Crippen molar-refractivity contribution in [2.45, 2.75) is 39.9 Å². The van der Waals surface area contributed by atoms with Gasteiger partial charge in [-0.25, -0.2) is 0 Å². The van der Waals surface area contributed by atoms with Gasteiger partial charge in [-0.3, -0.25) is 0 Å². The fourth-order valence-electron chi connectivity index (χ4n) is 4.15. The first kappa shape index (κ1) is 28.6. The monoisotopic (exact) mass is 544 g/mol. The van der Waals surface area contributed by atoms with Crippen molar-refractivity contribution in [1.29, 1.82) is 0 Å². The van der Waals surface area contributed by atoms with Gasteiger partial charge in [0.15, 0.2) is 0 Å². The quantitative estimate of drug-likeness (QED) is 0.287. The molecule has 34 heavy (non-hydrogen) atoms. The van der Waals surface area contributed by atoms with Crippen LogP contribution in [0.25, 0.3) is 0 Å². The third-order valence-corrected chi connectivity index (χ3v) is 12.0. The van der Waals surface area contributed by atoms with Gasteiger partial charge in [0.2, 0.25) is 0 Å². The van der Waals surface area contributed by atoms with Crippen molar-refractivity contribution < 1.29 is 21.1 Å². The van der Waals surface area contributed by atoms with Crippen LogP contribution in [0.3, 0.4) is 0 Å². The van der Waals surface area contributed by atoms with Crippen LogP contribution in [0.4, 0.5) is 0 Å². The van der Waals surface area contributed by atoms with E-state index in [4.69, 9.17) is 3.32 Å². The van der Waals surface area contributed by atoms with Gasteiger partial charge in [-0.15, -0.1) is 24.8 Å². The Bertz CT molecular complexity index is 1170. The molecule has 1 aliphatic carbocycles. The molecule has 0 spiro atoms. The van der Waals surface area contributed by atoms with E-state index >= 15 is 0 Å². The van der Waals surface area contributed by atoms with Gasteiger partial charge < -0.3 is 0 Å². The van der Waals surface area contributed by atoms with E-state index in [9.17, 15) is 0 Å². The van der Waals surface area contributed by atoms with E-state index in [1.807, 2.05) is 0 Å². The Morgan fingerprint density at radius 1 is 0.794 bits per heavy atom. The van der Waals surface area contributed by atoms with Crippen LogP contribution in [0, 0.1) is 6.92 Å². The molecule has 0 radical (unpaired) electrons. The maximum absolute atomic E-state index is 7.11. The van der Waals surface area contributed by atoms with Crippen molar-refractivity contribution in [3.63, 3.8) is 0 Å². The molecule has 0 aromatic heterocycles. The summed E-state index contributed by atoms with van der Waals surface area (Å²) in [4.78, 5) is 0. The Morgan fingerprint density at radius 3 is 1.82 bits per heavy atom. The molecule has 0 saturated heterocycles. The van der Waals surface area contributed by atoms with Crippen LogP contribution in [0.1, 0.15) is 30.0 Å². The Labute approximate surface area is 224 Å². The van der Waals surface area contributed by atoms with Crippen LogP contribution in [-0.2, 0) is 17.8 Å². The van der Waals surface area contributed by atoms with Gasteiger partial charge in [0.25, 0.3) is 0 Å². The normalized spacial score (nSPS) is 12.6. The SMILES string of the molecule is CC1=[C]([Ti]([O]c2cc(C)cc([Si](C)(C)C)c2)=[C](c2ccccc2)c2ccccc2)CC=C1.Cl.Cl. The summed E-state index contributed by atoms with van der Waals surface area (Å²) in [7, 11) is -1.44. The van der Waals surface area contributed by atoms with Crippen molar-refractivity contribution in [3.05, 3.63) is 117 Å². The summed E-state index contributed by atoms with van der Waals surface area (Å²) in [6.07, 6.45) is 5.55. The molecule has 5 heteroatoms. The predicted molar refractivity (Wildman–Crippen MR) is 152 cm³/mol. The number of aryl methyl sites for hydroxylation is 1. The number of allylic oxidation sites excluding steroid dienone is 4. The summed E-state index contributed by atoms with van der Waals surface area (Å²) in [6.45, 7) is 11.6. The average molecular weight is 545 g/mol. The number of benzene rings is 3. The molecule has 0 N–H and O–H groups in total. The molecule has 1 aliphatic rings. The van der Waals surface area contributed by atoms with Gasteiger partial charge >= 0.3 is 201 Å². The molecule has 4 rings (SSSR count).